The van der Waals surface area contributed by atoms with Gasteiger partial charge in [0.1, 0.15) is 11.5 Å². The van der Waals surface area contributed by atoms with Gasteiger partial charge in [-0.1, -0.05) is 18.3 Å². The van der Waals surface area contributed by atoms with Crippen LogP contribution in [0.2, 0.25) is 0 Å². The Morgan fingerprint density at radius 2 is 2.47 bits per heavy atom. The van der Waals surface area contributed by atoms with Gasteiger partial charge < -0.3 is 10.4 Å². The third-order valence-electron chi connectivity index (χ3n) is 3.25. The van der Waals surface area contributed by atoms with E-state index in [0.717, 1.165) is 6.42 Å². The topological polar surface area (TPSA) is 49.3 Å². The van der Waals surface area contributed by atoms with Gasteiger partial charge in [0, 0.05) is 16.9 Å². The van der Waals surface area contributed by atoms with E-state index in [1.807, 2.05) is 23.2 Å². The van der Waals surface area contributed by atoms with Crippen molar-refractivity contribution in [1.82, 2.24) is 5.32 Å². The van der Waals surface area contributed by atoms with Gasteiger partial charge in [-0.3, -0.25) is 4.79 Å². The minimum absolute atomic E-state index is 0.0387. The highest BCUT2D eigenvalue weighted by Gasteiger charge is 2.28. The Morgan fingerprint density at radius 3 is 3.21 bits per heavy atom. The Balaban J connectivity index is 2.06. The van der Waals surface area contributed by atoms with Crippen LogP contribution in [0, 0.1) is 11.8 Å². The molecule has 0 aliphatic heterocycles. The number of nitrogens with one attached hydrogen (secondary N) is 1. The highest BCUT2D eigenvalue weighted by Crippen LogP contribution is 2.29. The Kier molecular flexibility index (Phi) is 5.32. The van der Waals surface area contributed by atoms with Crippen LogP contribution >= 0.6 is 23.1 Å². The highest BCUT2D eigenvalue weighted by molar-refractivity contribution is 7.99. The van der Waals surface area contributed by atoms with E-state index in [4.69, 9.17) is 5.11 Å². The maximum atomic E-state index is 12.3. The van der Waals surface area contributed by atoms with Gasteiger partial charge in [0.25, 0.3) is 5.91 Å². The first-order valence-corrected chi connectivity index (χ1v) is 8.44. The molecule has 1 heterocycles. The summed E-state index contributed by atoms with van der Waals surface area (Å²) in [4.78, 5) is 12.9. The number of carbonyl (C=O) groups excluding carboxylic acids is 1. The van der Waals surface area contributed by atoms with Crippen molar-refractivity contribution >= 4 is 29.0 Å². The van der Waals surface area contributed by atoms with E-state index in [1.54, 1.807) is 0 Å². The number of rotatable bonds is 3. The molecule has 1 aliphatic rings. The van der Waals surface area contributed by atoms with Crippen molar-refractivity contribution in [2.24, 2.45) is 0 Å². The number of hydrogen-bond acceptors (Lipinski definition) is 4. The van der Waals surface area contributed by atoms with Gasteiger partial charge >= 0.3 is 0 Å². The van der Waals surface area contributed by atoms with Crippen molar-refractivity contribution in [2.45, 2.75) is 30.6 Å². The lowest BCUT2D eigenvalue weighted by Crippen LogP contribution is -2.38. The molecule has 1 aromatic heterocycles. The Labute approximate surface area is 121 Å². The predicted molar refractivity (Wildman–Crippen MR) is 80.7 cm³/mol. The van der Waals surface area contributed by atoms with Gasteiger partial charge in [-0.15, -0.1) is 11.3 Å². The second kappa shape index (κ2) is 6.99. The van der Waals surface area contributed by atoms with Crippen LogP contribution in [0.1, 0.15) is 34.5 Å². The fourth-order valence-corrected chi connectivity index (χ4v) is 4.01. The molecule has 19 heavy (non-hydrogen) atoms. The van der Waals surface area contributed by atoms with Crippen LogP contribution in [0.25, 0.3) is 0 Å². The minimum Gasteiger partial charge on any atom is -0.384 e. The second-order valence-electron chi connectivity index (χ2n) is 4.41. The van der Waals surface area contributed by atoms with Crippen molar-refractivity contribution in [3.63, 3.8) is 0 Å². The molecule has 0 aromatic carbocycles. The van der Waals surface area contributed by atoms with Crippen LogP contribution < -0.4 is 5.32 Å². The molecule has 1 saturated carbocycles. The summed E-state index contributed by atoms with van der Waals surface area (Å²) in [6.07, 6.45) is 5.50. The fraction of sp³-hybridized carbons (Fsp3) is 0.500. The average Bonchev–Trinajstić information content (AvgIpc) is 3.04. The van der Waals surface area contributed by atoms with Gasteiger partial charge in [0.05, 0.1) is 0 Å². The molecule has 2 unspecified atom stereocenters. The lowest BCUT2D eigenvalue weighted by Gasteiger charge is -2.18. The predicted octanol–water partition coefficient (Wildman–Crippen LogP) is 2.11. The molecule has 0 radical (unpaired) electrons. The lowest BCUT2D eigenvalue weighted by molar-refractivity contribution is 0.0942. The number of amides is 1. The van der Waals surface area contributed by atoms with Gasteiger partial charge in [0.2, 0.25) is 0 Å². The van der Waals surface area contributed by atoms with E-state index in [-0.39, 0.29) is 18.6 Å². The zero-order valence-corrected chi connectivity index (χ0v) is 12.4. The molecular weight excluding hydrogens is 278 g/mol. The summed E-state index contributed by atoms with van der Waals surface area (Å²) in [6, 6.07) is 2.09. The SMILES string of the molecule is CSC1CCCC1NC(=O)c1sccc1C#CCO. The number of thioether (sulfide) groups is 1. The van der Waals surface area contributed by atoms with Gasteiger partial charge in [0.15, 0.2) is 0 Å². The van der Waals surface area contributed by atoms with E-state index >= 15 is 0 Å². The summed E-state index contributed by atoms with van der Waals surface area (Å²) >= 11 is 3.22. The number of hydrogen-bond donors (Lipinski definition) is 2. The van der Waals surface area contributed by atoms with Gasteiger partial charge in [-0.25, -0.2) is 0 Å². The van der Waals surface area contributed by atoms with Crippen molar-refractivity contribution < 1.29 is 9.90 Å². The van der Waals surface area contributed by atoms with E-state index in [2.05, 4.69) is 23.4 Å². The largest absolute Gasteiger partial charge is 0.384 e. The van der Waals surface area contributed by atoms with Crippen LogP contribution in [-0.4, -0.2) is 35.2 Å². The zero-order chi connectivity index (χ0) is 13.7. The average molecular weight is 295 g/mol. The standard InChI is InChI=1S/C14H17NO2S2/c1-18-12-6-2-5-11(12)15-14(17)13-10(4-3-8-16)7-9-19-13/h7,9,11-12,16H,2,5-6,8H2,1H3,(H,15,17). The first kappa shape index (κ1) is 14.4. The molecule has 5 heteroatoms. The molecule has 2 rings (SSSR count). The summed E-state index contributed by atoms with van der Waals surface area (Å²) in [6.45, 7) is -0.186. The smallest absolute Gasteiger partial charge is 0.262 e. The molecule has 102 valence electrons. The first-order chi connectivity index (χ1) is 9.26. The van der Waals surface area contributed by atoms with E-state index in [9.17, 15) is 4.79 Å². The second-order valence-corrected chi connectivity index (χ2v) is 6.40. The Hall–Kier alpha value is -0.960. The molecule has 2 atom stereocenters. The maximum absolute atomic E-state index is 12.3. The third kappa shape index (κ3) is 3.53. The Bertz CT molecular complexity index is 501. The van der Waals surface area contributed by atoms with Gasteiger partial charge in [-0.05, 0) is 30.5 Å². The van der Waals surface area contributed by atoms with E-state index < -0.39 is 0 Å². The molecule has 3 nitrogen and oxygen atoms in total. The monoisotopic (exact) mass is 295 g/mol. The van der Waals surface area contributed by atoms with Crippen molar-refractivity contribution in [2.75, 3.05) is 12.9 Å². The molecule has 1 aliphatic carbocycles. The molecule has 0 spiro atoms. The van der Waals surface area contributed by atoms with Crippen LogP contribution in [0.15, 0.2) is 11.4 Å². The molecule has 0 bridgehead atoms. The van der Waals surface area contributed by atoms with Crippen LogP contribution in [0.4, 0.5) is 0 Å². The van der Waals surface area contributed by atoms with Gasteiger partial charge in [-0.2, -0.15) is 11.8 Å². The molecule has 1 amide bonds. The lowest BCUT2D eigenvalue weighted by atomic mass is 10.2. The number of aliphatic hydroxyl groups excluding tert-OH is 1. The minimum atomic E-state index is -0.186. The molecule has 1 aromatic rings. The van der Waals surface area contributed by atoms with Crippen LogP contribution in [0.5, 0.6) is 0 Å². The Morgan fingerprint density at radius 1 is 1.63 bits per heavy atom. The highest BCUT2D eigenvalue weighted by atomic mass is 32.2. The quantitative estimate of drug-likeness (QED) is 0.840. The summed E-state index contributed by atoms with van der Waals surface area (Å²) in [7, 11) is 0. The molecular formula is C14H17NO2S2. The van der Waals surface area contributed by atoms with E-state index in [1.165, 1.54) is 24.2 Å². The first-order valence-electron chi connectivity index (χ1n) is 6.27. The summed E-state index contributed by atoms with van der Waals surface area (Å²) < 4.78 is 0. The van der Waals surface area contributed by atoms with Crippen molar-refractivity contribution in [3.8, 4) is 11.8 Å². The number of carbonyl (C=O) groups is 1. The van der Waals surface area contributed by atoms with Crippen LogP contribution in [0.3, 0.4) is 0 Å². The number of thiophene rings is 1. The zero-order valence-electron chi connectivity index (χ0n) is 10.8. The van der Waals surface area contributed by atoms with Crippen molar-refractivity contribution in [1.29, 1.82) is 0 Å². The molecule has 0 saturated heterocycles. The molecule has 2 N–H and O–H groups in total. The van der Waals surface area contributed by atoms with Crippen molar-refractivity contribution in [3.05, 3.63) is 21.9 Å². The maximum Gasteiger partial charge on any atom is 0.262 e. The summed E-state index contributed by atoms with van der Waals surface area (Å²) in [5.41, 5.74) is 0.704. The van der Waals surface area contributed by atoms with E-state index in [0.29, 0.717) is 15.7 Å². The molecule has 1 fully saturated rings. The van der Waals surface area contributed by atoms with Crippen LogP contribution in [-0.2, 0) is 0 Å². The summed E-state index contributed by atoms with van der Waals surface area (Å²) in [5.74, 6) is 5.37. The third-order valence-corrected chi connectivity index (χ3v) is 5.33. The fourth-order valence-electron chi connectivity index (χ4n) is 2.33. The normalized spacial score (nSPS) is 21.8. The summed E-state index contributed by atoms with van der Waals surface area (Å²) in [5, 5.41) is 14.2. The number of aliphatic hydroxyl groups is 1.